The van der Waals surface area contributed by atoms with E-state index in [-0.39, 0.29) is 5.91 Å². The number of rotatable bonds is 2. The third-order valence-electron chi connectivity index (χ3n) is 3.37. The molecule has 19 heavy (non-hydrogen) atoms. The van der Waals surface area contributed by atoms with Crippen LogP contribution in [-0.2, 0) is 11.2 Å². The van der Waals surface area contributed by atoms with Crippen LogP contribution >= 0.6 is 0 Å². The van der Waals surface area contributed by atoms with E-state index < -0.39 is 0 Å². The van der Waals surface area contributed by atoms with E-state index in [9.17, 15) is 4.79 Å². The Labute approximate surface area is 112 Å². The first-order valence-corrected chi connectivity index (χ1v) is 6.40. The first-order valence-electron chi connectivity index (χ1n) is 6.40. The predicted octanol–water partition coefficient (Wildman–Crippen LogP) is 3.57. The van der Waals surface area contributed by atoms with Crippen molar-refractivity contribution < 1.29 is 4.79 Å². The van der Waals surface area contributed by atoms with Crippen molar-refractivity contribution in [1.82, 2.24) is 0 Å². The van der Waals surface area contributed by atoms with E-state index in [1.165, 1.54) is 11.1 Å². The van der Waals surface area contributed by atoms with Gasteiger partial charge in [-0.25, -0.2) is 0 Å². The highest BCUT2D eigenvalue weighted by molar-refractivity contribution is 6.31. The molecule has 0 atom stereocenters. The molecule has 0 aromatic heterocycles. The molecular weight excluding hydrogens is 234 g/mol. The van der Waals surface area contributed by atoms with Gasteiger partial charge in [0.15, 0.2) is 0 Å². The average Bonchev–Trinajstić information content (AvgIpc) is 2.74. The normalized spacial score (nSPS) is 15.4. The van der Waals surface area contributed by atoms with Gasteiger partial charge >= 0.3 is 0 Å². The van der Waals surface area contributed by atoms with E-state index in [4.69, 9.17) is 0 Å². The number of hydrogen-bond acceptors (Lipinski definition) is 1. The van der Waals surface area contributed by atoms with E-state index in [2.05, 4.69) is 36.5 Å². The van der Waals surface area contributed by atoms with Gasteiger partial charge in [-0.3, -0.25) is 4.79 Å². The first kappa shape index (κ1) is 11.7. The fourth-order valence-electron chi connectivity index (χ4n) is 2.29. The molecule has 2 aromatic carbocycles. The summed E-state index contributed by atoms with van der Waals surface area (Å²) in [6.07, 6.45) is 2.78. The number of fused-ring (bicyclic) bond motifs is 1. The Hall–Kier alpha value is -2.35. The van der Waals surface area contributed by atoms with Crippen molar-refractivity contribution in [3.05, 3.63) is 71.3 Å². The van der Waals surface area contributed by atoms with Crippen molar-refractivity contribution in [2.75, 3.05) is 5.32 Å². The van der Waals surface area contributed by atoms with Gasteiger partial charge < -0.3 is 5.32 Å². The van der Waals surface area contributed by atoms with Gasteiger partial charge in [0, 0.05) is 16.8 Å². The summed E-state index contributed by atoms with van der Waals surface area (Å²) < 4.78 is 0. The number of benzene rings is 2. The Kier molecular flexibility index (Phi) is 2.92. The second-order valence-electron chi connectivity index (χ2n) is 4.81. The number of nitrogens with one attached hydrogen (secondary N) is 1. The van der Waals surface area contributed by atoms with Gasteiger partial charge in [-0.05, 0) is 25.0 Å². The third-order valence-corrected chi connectivity index (χ3v) is 3.37. The lowest BCUT2D eigenvalue weighted by Gasteiger charge is -2.00. The average molecular weight is 249 g/mol. The Morgan fingerprint density at radius 1 is 1.05 bits per heavy atom. The van der Waals surface area contributed by atoms with Crippen molar-refractivity contribution in [3.63, 3.8) is 0 Å². The zero-order chi connectivity index (χ0) is 13.2. The predicted molar refractivity (Wildman–Crippen MR) is 77.9 cm³/mol. The smallest absolute Gasteiger partial charge is 0.256 e. The molecule has 0 saturated heterocycles. The molecule has 0 bridgehead atoms. The summed E-state index contributed by atoms with van der Waals surface area (Å²) in [6, 6.07) is 16.2. The molecule has 2 aromatic rings. The molecule has 0 spiro atoms. The molecule has 0 fully saturated rings. The summed E-state index contributed by atoms with van der Waals surface area (Å²) in [4.78, 5) is 11.9. The van der Waals surface area contributed by atoms with Gasteiger partial charge in [0.05, 0.1) is 0 Å². The van der Waals surface area contributed by atoms with Crippen LogP contribution in [0.15, 0.2) is 54.6 Å². The maximum absolute atomic E-state index is 11.9. The molecule has 0 aliphatic carbocycles. The van der Waals surface area contributed by atoms with Gasteiger partial charge in [-0.2, -0.15) is 0 Å². The zero-order valence-electron chi connectivity index (χ0n) is 10.8. The molecule has 94 valence electrons. The second kappa shape index (κ2) is 4.73. The van der Waals surface area contributed by atoms with Crippen LogP contribution in [0.25, 0.3) is 5.57 Å². The molecule has 2 nitrogen and oxygen atoms in total. The quantitative estimate of drug-likeness (QED) is 0.810. The fourth-order valence-corrected chi connectivity index (χ4v) is 2.29. The van der Waals surface area contributed by atoms with Crippen molar-refractivity contribution >= 4 is 17.2 Å². The Morgan fingerprint density at radius 2 is 1.79 bits per heavy atom. The zero-order valence-corrected chi connectivity index (χ0v) is 10.8. The van der Waals surface area contributed by atoms with Gasteiger partial charge in [0.1, 0.15) is 0 Å². The molecule has 1 aliphatic heterocycles. The van der Waals surface area contributed by atoms with Gasteiger partial charge in [0.25, 0.3) is 5.91 Å². The summed E-state index contributed by atoms with van der Waals surface area (Å²) in [6.45, 7) is 2.07. The minimum atomic E-state index is -0.00619. The molecule has 1 N–H and O–H groups in total. The fraction of sp³-hybridized carbons (Fsp3) is 0.118. The van der Waals surface area contributed by atoms with Gasteiger partial charge in [0.2, 0.25) is 0 Å². The highest BCUT2D eigenvalue weighted by atomic mass is 16.1. The maximum Gasteiger partial charge on any atom is 0.256 e. The Morgan fingerprint density at radius 3 is 2.58 bits per heavy atom. The summed E-state index contributed by atoms with van der Waals surface area (Å²) in [5.74, 6) is -0.00619. The molecule has 1 amide bonds. The van der Waals surface area contributed by atoms with Gasteiger partial charge in [-0.1, -0.05) is 54.1 Å². The standard InChI is InChI=1S/C17H15NO/c1-12-6-8-13(9-7-12)10-11-15-14-4-2-3-5-16(14)18-17(15)19/h2-9,11H,10H2,1H3,(H,18,19). The van der Waals surface area contributed by atoms with Crippen LogP contribution in [0.4, 0.5) is 5.69 Å². The number of carbonyl (C=O) groups is 1. The molecule has 0 unspecified atom stereocenters. The number of carbonyl (C=O) groups excluding carboxylic acids is 1. The van der Waals surface area contributed by atoms with Crippen LogP contribution in [0.3, 0.4) is 0 Å². The molecule has 0 saturated carbocycles. The number of anilines is 1. The summed E-state index contributed by atoms with van der Waals surface area (Å²) in [5, 5.41) is 2.89. The van der Waals surface area contributed by atoms with E-state index in [1.54, 1.807) is 0 Å². The SMILES string of the molecule is Cc1ccc(CC=C2C(=O)Nc3ccccc32)cc1. The maximum atomic E-state index is 11.9. The van der Waals surface area contributed by atoms with Crippen molar-refractivity contribution in [2.45, 2.75) is 13.3 Å². The lowest BCUT2D eigenvalue weighted by molar-refractivity contribution is -0.110. The third kappa shape index (κ3) is 2.29. The van der Waals surface area contributed by atoms with Crippen molar-refractivity contribution in [2.24, 2.45) is 0 Å². The van der Waals surface area contributed by atoms with Crippen LogP contribution in [0.5, 0.6) is 0 Å². The summed E-state index contributed by atoms with van der Waals surface area (Å²) in [5.41, 5.74) is 5.15. The van der Waals surface area contributed by atoms with E-state index >= 15 is 0 Å². The molecule has 2 heteroatoms. The van der Waals surface area contributed by atoms with E-state index in [0.717, 1.165) is 23.2 Å². The second-order valence-corrected chi connectivity index (χ2v) is 4.81. The van der Waals surface area contributed by atoms with Crippen molar-refractivity contribution in [3.8, 4) is 0 Å². The number of allylic oxidation sites excluding steroid dienone is 1. The molecule has 3 rings (SSSR count). The highest BCUT2D eigenvalue weighted by Crippen LogP contribution is 2.31. The number of aryl methyl sites for hydroxylation is 1. The Bertz CT molecular complexity index is 653. The summed E-state index contributed by atoms with van der Waals surface area (Å²) >= 11 is 0. The van der Waals surface area contributed by atoms with Crippen LogP contribution < -0.4 is 5.32 Å². The monoisotopic (exact) mass is 249 g/mol. The van der Waals surface area contributed by atoms with Crippen molar-refractivity contribution in [1.29, 1.82) is 0 Å². The van der Waals surface area contributed by atoms with Crippen LogP contribution in [0, 0.1) is 6.92 Å². The summed E-state index contributed by atoms with van der Waals surface area (Å²) in [7, 11) is 0. The van der Waals surface area contributed by atoms with Crippen LogP contribution in [0.1, 0.15) is 16.7 Å². The van der Waals surface area contributed by atoms with Gasteiger partial charge in [-0.15, -0.1) is 0 Å². The molecular formula is C17H15NO. The van der Waals surface area contributed by atoms with E-state index in [0.29, 0.717) is 0 Å². The van der Waals surface area contributed by atoms with Crippen LogP contribution in [0.2, 0.25) is 0 Å². The van der Waals surface area contributed by atoms with Crippen LogP contribution in [-0.4, -0.2) is 5.91 Å². The number of hydrogen-bond donors (Lipinski definition) is 1. The largest absolute Gasteiger partial charge is 0.321 e. The number of para-hydroxylation sites is 1. The minimum Gasteiger partial charge on any atom is -0.321 e. The topological polar surface area (TPSA) is 29.1 Å². The lowest BCUT2D eigenvalue weighted by atomic mass is 10.0. The van der Waals surface area contributed by atoms with E-state index in [1.807, 2.05) is 30.3 Å². The molecule has 1 aliphatic rings. The molecule has 0 radical (unpaired) electrons. The highest BCUT2D eigenvalue weighted by Gasteiger charge is 2.22. The number of amides is 1. The first-order chi connectivity index (χ1) is 9.24. The minimum absolute atomic E-state index is 0.00619. The molecule has 1 heterocycles. The lowest BCUT2D eigenvalue weighted by Crippen LogP contribution is -2.03. The Balaban J connectivity index is 1.88.